The van der Waals surface area contributed by atoms with Crippen molar-refractivity contribution in [3.8, 4) is 22.9 Å². The Morgan fingerprint density at radius 1 is 1.19 bits per heavy atom. The molecule has 0 unspecified atom stereocenters. The van der Waals surface area contributed by atoms with Crippen LogP contribution in [-0.4, -0.2) is 32.8 Å². The summed E-state index contributed by atoms with van der Waals surface area (Å²) in [7, 11) is 1.89. The van der Waals surface area contributed by atoms with Gasteiger partial charge in [-0.3, -0.25) is 0 Å². The zero-order chi connectivity index (χ0) is 22.0. The normalized spacial score (nSPS) is 13.3. The van der Waals surface area contributed by atoms with E-state index in [0.717, 1.165) is 41.0 Å². The molecule has 2 aromatic carbocycles. The zero-order valence-electron chi connectivity index (χ0n) is 18.6. The van der Waals surface area contributed by atoms with E-state index in [0.29, 0.717) is 12.4 Å². The van der Waals surface area contributed by atoms with Crippen LogP contribution in [0, 0.1) is 6.92 Å². The Hall–Kier alpha value is -3.28. The van der Waals surface area contributed by atoms with Crippen LogP contribution >= 0.6 is 0 Å². The standard InChI is InChI=1S/C25H30N4O2/c1-17(2)26-25(30)29(20-13-14-20)16-22-23(19-10-6-5-7-11-19)27-28(4)24(22)31-21-12-8-9-18(3)15-21/h5-12,15,17,20H,13-14,16H2,1-4H3,(H,26,30). The van der Waals surface area contributed by atoms with Gasteiger partial charge < -0.3 is 15.0 Å². The maximum absolute atomic E-state index is 13.0. The molecule has 162 valence electrons. The van der Waals surface area contributed by atoms with Crippen molar-refractivity contribution in [2.45, 2.75) is 52.2 Å². The van der Waals surface area contributed by atoms with Gasteiger partial charge in [0.2, 0.25) is 5.88 Å². The van der Waals surface area contributed by atoms with Crippen molar-refractivity contribution in [2.75, 3.05) is 0 Å². The van der Waals surface area contributed by atoms with Gasteiger partial charge >= 0.3 is 6.03 Å². The molecule has 1 aromatic heterocycles. The third kappa shape index (κ3) is 4.90. The molecular formula is C25H30N4O2. The minimum Gasteiger partial charge on any atom is -0.439 e. The Morgan fingerprint density at radius 3 is 2.58 bits per heavy atom. The van der Waals surface area contributed by atoms with Gasteiger partial charge in [-0.05, 0) is 51.3 Å². The van der Waals surface area contributed by atoms with Crippen LogP contribution < -0.4 is 10.1 Å². The van der Waals surface area contributed by atoms with Gasteiger partial charge in [-0.25, -0.2) is 9.48 Å². The lowest BCUT2D eigenvalue weighted by molar-refractivity contribution is 0.189. The Kier molecular flexibility index (Phi) is 5.98. The molecule has 1 aliphatic carbocycles. The molecule has 1 saturated carbocycles. The first-order chi connectivity index (χ1) is 14.9. The van der Waals surface area contributed by atoms with Crippen LogP contribution in [0.1, 0.15) is 37.8 Å². The molecule has 0 atom stereocenters. The minimum atomic E-state index is -0.0399. The molecule has 2 amide bonds. The van der Waals surface area contributed by atoms with E-state index in [9.17, 15) is 4.79 Å². The number of hydrogen-bond donors (Lipinski definition) is 1. The summed E-state index contributed by atoms with van der Waals surface area (Å²) >= 11 is 0. The van der Waals surface area contributed by atoms with Crippen molar-refractivity contribution in [3.63, 3.8) is 0 Å². The average molecular weight is 419 g/mol. The van der Waals surface area contributed by atoms with Crippen molar-refractivity contribution < 1.29 is 9.53 Å². The molecule has 0 radical (unpaired) electrons. The summed E-state index contributed by atoms with van der Waals surface area (Å²) in [6.07, 6.45) is 2.06. The minimum absolute atomic E-state index is 0.0399. The number of aryl methyl sites for hydroxylation is 2. The molecule has 6 nitrogen and oxygen atoms in total. The highest BCUT2D eigenvalue weighted by Gasteiger charge is 2.35. The summed E-state index contributed by atoms with van der Waals surface area (Å²) in [6, 6.07) is 18.3. The molecule has 0 aliphatic heterocycles. The molecule has 0 spiro atoms. The van der Waals surface area contributed by atoms with E-state index < -0.39 is 0 Å². The number of benzene rings is 2. The average Bonchev–Trinajstić information content (AvgIpc) is 3.52. The summed E-state index contributed by atoms with van der Waals surface area (Å²) in [5.41, 5.74) is 3.89. The van der Waals surface area contributed by atoms with Gasteiger partial charge in [-0.1, -0.05) is 42.5 Å². The summed E-state index contributed by atoms with van der Waals surface area (Å²) in [5, 5.41) is 7.83. The zero-order valence-corrected chi connectivity index (χ0v) is 18.6. The van der Waals surface area contributed by atoms with E-state index in [1.54, 1.807) is 4.68 Å². The van der Waals surface area contributed by atoms with Crippen LogP contribution in [0.4, 0.5) is 4.79 Å². The summed E-state index contributed by atoms with van der Waals surface area (Å²) in [4.78, 5) is 14.9. The first-order valence-corrected chi connectivity index (χ1v) is 10.9. The van der Waals surface area contributed by atoms with Crippen LogP contribution in [0.5, 0.6) is 11.6 Å². The largest absolute Gasteiger partial charge is 0.439 e. The molecule has 6 heteroatoms. The molecule has 1 aliphatic rings. The van der Waals surface area contributed by atoms with Gasteiger partial charge in [0.1, 0.15) is 11.4 Å². The van der Waals surface area contributed by atoms with Gasteiger partial charge in [0, 0.05) is 24.7 Å². The Bertz CT molecular complexity index is 1050. The smallest absolute Gasteiger partial charge is 0.318 e. The molecule has 1 fully saturated rings. The topological polar surface area (TPSA) is 59.4 Å². The van der Waals surface area contributed by atoms with Crippen molar-refractivity contribution in [2.24, 2.45) is 7.05 Å². The van der Waals surface area contributed by atoms with E-state index in [-0.39, 0.29) is 18.1 Å². The van der Waals surface area contributed by atoms with E-state index in [4.69, 9.17) is 9.84 Å². The number of amides is 2. The van der Waals surface area contributed by atoms with Crippen LogP contribution in [0.25, 0.3) is 11.3 Å². The maximum Gasteiger partial charge on any atom is 0.318 e. The fraction of sp³-hybridized carbons (Fsp3) is 0.360. The number of urea groups is 1. The van der Waals surface area contributed by atoms with Crippen LogP contribution in [0.2, 0.25) is 0 Å². The van der Waals surface area contributed by atoms with Gasteiger partial charge in [-0.15, -0.1) is 0 Å². The number of carbonyl (C=O) groups excluding carboxylic acids is 1. The fourth-order valence-electron chi connectivity index (χ4n) is 3.69. The Morgan fingerprint density at radius 2 is 1.94 bits per heavy atom. The number of aromatic nitrogens is 2. The van der Waals surface area contributed by atoms with Crippen LogP contribution in [0.15, 0.2) is 54.6 Å². The SMILES string of the molecule is Cc1cccc(Oc2c(CN(C(=O)NC(C)C)C3CC3)c(-c3ccccc3)nn2C)c1. The van der Waals surface area contributed by atoms with Crippen molar-refractivity contribution in [1.82, 2.24) is 20.0 Å². The quantitative estimate of drug-likeness (QED) is 0.569. The lowest BCUT2D eigenvalue weighted by Crippen LogP contribution is -2.43. The van der Waals surface area contributed by atoms with Gasteiger partial charge in [-0.2, -0.15) is 5.10 Å². The number of hydrogen-bond acceptors (Lipinski definition) is 3. The third-order valence-electron chi connectivity index (χ3n) is 5.33. The summed E-state index contributed by atoms with van der Waals surface area (Å²) in [5.74, 6) is 1.42. The second kappa shape index (κ2) is 8.84. The Labute approximate surface area is 183 Å². The van der Waals surface area contributed by atoms with Crippen molar-refractivity contribution in [1.29, 1.82) is 0 Å². The summed E-state index contributed by atoms with van der Waals surface area (Å²) < 4.78 is 8.10. The van der Waals surface area contributed by atoms with E-state index in [2.05, 4.69) is 5.32 Å². The van der Waals surface area contributed by atoms with Crippen molar-refractivity contribution in [3.05, 3.63) is 65.7 Å². The fourth-order valence-corrected chi connectivity index (χ4v) is 3.69. The van der Waals surface area contributed by atoms with Gasteiger partial charge in [0.25, 0.3) is 0 Å². The molecule has 31 heavy (non-hydrogen) atoms. The van der Waals surface area contributed by atoms with Crippen molar-refractivity contribution >= 4 is 6.03 Å². The highest BCUT2D eigenvalue weighted by atomic mass is 16.5. The lowest BCUT2D eigenvalue weighted by Gasteiger charge is -2.24. The van der Waals surface area contributed by atoms with Gasteiger partial charge in [0.15, 0.2) is 0 Å². The van der Waals surface area contributed by atoms with E-state index in [1.165, 1.54) is 0 Å². The number of ether oxygens (including phenoxy) is 1. The highest BCUT2D eigenvalue weighted by molar-refractivity contribution is 5.76. The Balaban J connectivity index is 1.74. The number of nitrogens with zero attached hydrogens (tertiary/aromatic N) is 3. The maximum atomic E-state index is 13.0. The molecular weight excluding hydrogens is 388 g/mol. The highest BCUT2D eigenvalue weighted by Crippen LogP contribution is 2.37. The predicted octanol–water partition coefficient (Wildman–Crippen LogP) is 5.27. The molecule has 0 bridgehead atoms. The molecule has 0 saturated heterocycles. The second-order valence-electron chi connectivity index (χ2n) is 8.50. The number of rotatable bonds is 7. The monoisotopic (exact) mass is 418 g/mol. The van der Waals surface area contributed by atoms with E-state index in [1.807, 2.05) is 87.3 Å². The first-order valence-electron chi connectivity index (χ1n) is 10.9. The number of carbonyl (C=O) groups is 1. The molecule has 1 N–H and O–H groups in total. The first kappa shape index (κ1) is 21.0. The molecule has 1 heterocycles. The van der Waals surface area contributed by atoms with Crippen LogP contribution in [-0.2, 0) is 13.6 Å². The lowest BCUT2D eigenvalue weighted by atomic mass is 10.1. The predicted molar refractivity (Wildman–Crippen MR) is 122 cm³/mol. The summed E-state index contributed by atoms with van der Waals surface area (Å²) in [6.45, 7) is 6.45. The molecule has 3 aromatic rings. The van der Waals surface area contributed by atoms with Crippen LogP contribution in [0.3, 0.4) is 0 Å². The third-order valence-corrected chi connectivity index (χ3v) is 5.33. The number of nitrogens with one attached hydrogen (secondary N) is 1. The van der Waals surface area contributed by atoms with E-state index >= 15 is 0 Å². The molecule has 4 rings (SSSR count). The van der Waals surface area contributed by atoms with Gasteiger partial charge in [0.05, 0.1) is 12.1 Å². The second-order valence-corrected chi connectivity index (χ2v) is 8.50.